The molecule has 0 radical (unpaired) electrons. The first-order valence-corrected chi connectivity index (χ1v) is 7.80. The topological polar surface area (TPSA) is 65.0 Å². The number of benzene rings is 1. The van der Waals surface area contributed by atoms with Crippen LogP contribution in [-0.2, 0) is 9.59 Å². The van der Waals surface area contributed by atoms with Crippen molar-refractivity contribution in [3.05, 3.63) is 30.3 Å². The highest BCUT2D eigenvalue weighted by Gasteiger charge is 2.38. The van der Waals surface area contributed by atoms with Crippen molar-refractivity contribution in [2.45, 2.75) is 6.42 Å². The third-order valence-corrected chi connectivity index (χ3v) is 3.65. The maximum absolute atomic E-state index is 12.6. The Morgan fingerprint density at radius 3 is 2.65 bits per heavy atom. The predicted molar refractivity (Wildman–Crippen MR) is 94.7 cm³/mol. The number of anilines is 1. The molecule has 1 aliphatic rings. The lowest BCUT2D eigenvalue weighted by Crippen LogP contribution is -2.58. The van der Waals surface area contributed by atoms with Gasteiger partial charge in [-0.25, -0.2) is 0 Å². The zero-order chi connectivity index (χ0) is 16.8. The predicted octanol–water partition coefficient (Wildman–Crippen LogP) is 1.07. The lowest BCUT2D eigenvalue weighted by molar-refractivity contribution is -0.130. The molecule has 1 heterocycles. The Labute approximate surface area is 141 Å². The van der Waals surface area contributed by atoms with Crippen LogP contribution in [0.15, 0.2) is 35.3 Å². The fourth-order valence-corrected chi connectivity index (χ4v) is 2.50. The van der Waals surface area contributed by atoms with Gasteiger partial charge in [-0.3, -0.25) is 19.5 Å². The summed E-state index contributed by atoms with van der Waals surface area (Å²) in [4.78, 5) is 32.2. The Bertz CT molecular complexity index is 616. The van der Waals surface area contributed by atoms with Gasteiger partial charge in [0.1, 0.15) is 0 Å². The van der Waals surface area contributed by atoms with Crippen molar-refractivity contribution in [1.82, 2.24) is 10.2 Å². The monoisotopic (exact) mass is 332 g/mol. The number of hydrogen-bond acceptors (Lipinski definition) is 5. The SMILES string of the molecule is CN(C)CCCN=CC1C(=O)NC(=S)N(c2ccccc2)C1=O. The lowest BCUT2D eigenvalue weighted by Gasteiger charge is -2.30. The molecule has 122 valence electrons. The van der Waals surface area contributed by atoms with Crippen LogP contribution in [-0.4, -0.2) is 55.2 Å². The third kappa shape index (κ3) is 4.43. The number of carbonyl (C=O) groups is 2. The fraction of sp³-hybridized carbons (Fsp3) is 0.375. The van der Waals surface area contributed by atoms with Crippen molar-refractivity contribution < 1.29 is 9.59 Å². The largest absolute Gasteiger partial charge is 0.309 e. The van der Waals surface area contributed by atoms with Crippen molar-refractivity contribution in [2.75, 3.05) is 32.1 Å². The number of carbonyl (C=O) groups excluding carboxylic acids is 2. The molecule has 1 fully saturated rings. The normalized spacial score (nSPS) is 18.8. The van der Waals surface area contributed by atoms with Gasteiger partial charge in [-0.05, 0) is 51.4 Å². The van der Waals surface area contributed by atoms with Crippen LogP contribution in [0.2, 0.25) is 0 Å². The summed E-state index contributed by atoms with van der Waals surface area (Å²) in [5, 5.41) is 2.67. The molecular weight excluding hydrogens is 312 g/mol. The second-order valence-corrected chi connectivity index (χ2v) is 5.88. The summed E-state index contributed by atoms with van der Waals surface area (Å²) in [6.07, 6.45) is 2.29. The van der Waals surface area contributed by atoms with Crippen molar-refractivity contribution in [3.63, 3.8) is 0 Å². The number of thiocarbonyl (C=S) groups is 1. The van der Waals surface area contributed by atoms with Gasteiger partial charge in [-0.1, -0.05) is 18.2 Å². The Hall–Kier alpha value is -2.12. The van der Waals surface area contributed by atoms with E-state index in [0.29, 0.717) is 12.2 Å². The fourth-order valence-electron chi connectivity index (χ4n) is 2.20. The highest BCUT2D eigenvalue weighted by atomic mass is 32.1. The molecule has 2 rings (SSSR count). The number of nitrogens with one attached hydrogen (secondary N) is 1. The van der Waals surface area contributed by atoms with Crippen LogP contribution < -0.4 is 10.2 Å². The van der Waals surface area contributed by atoms with E-state index >= 15 is 0 Å². The first-order chi connectivity index (χ1) is 11.0. The van der Waals surface area contributed by atoms with E-state index in [1.54, 1.807) is 12.1 Å². The molecule has 7 heteroatoms. The van der Waals surface area contributed by atoms with Crippen molar-refractivity contribution >= 4 is 41.0 Å². The molecule has 0 aliphatic carbocycles. The molecule has 23 heavy (non-hydrogen) atoms. The molecule has 2 amide bonds. The molecule has 1 unspecified atom stereocenters. The van der Waals surface area contributed by atoms with Gasteiger partial charge in [0, 0.05) is 12.8 Å². The average molecular weight is 332 g/mol. The molecule has 1 aromatic rings. The minimum Gasteiger partial charge on any atom is -0.309 e. The molecule has 0 aromatic heterocycles. The van der Waals surface area contributed by atoms with Crippen LogP contribution in [0.4, 0.5) is 5.69 Å². The zero-order valence-corrected chi connectivity index (χ0v) is 14.0. The van der Waals surface area contributed by atoms with Crippen molar-refractivity contribution in [3.8, 4) is 0 Å². The second-order valence-electron chi connectivity index (χ2n) is 5.49. The quantitative estimate of drug-likeness (QED) is 0.366. The van der Waals surface area contributed by atoms with Gasteiger partial charge < -0.3 is 10.2 Å². The first-order valence-electron chi connectivity index (χ1n) is 7.39. The molecule has 1 aromatic carbocycles. The summed E-state index contributed by atoms with van der Waals surface area (Å²) in [7, 11) is 3.97. The number of hydrogen-bond donors (Lipinski definition) is 1. The van der Waals surface area contributed by atoms with Gasteiger partial charge in [0.05, 0.1) is 5.69 Å². The number of nitrogens with zero attached hydrogens (tertiary/aromatic N) is 3. The minimum absolute atomic E-state index is 0.100. The zero-order valence-electron chi connectivity index (χ0n) is 13.2. The summed E-state index contributed by atoms with van der Waals surface area (Å²) >= 11 is 5.12. The molecule has 6 nitrogen and oxygen atoms in total. The molecule has 1 saturated heterocycles. The smallest absolute Gasteiger partial charge is 0.251 e. The van der Waals surface area contributed by atoms with E-state index in [9.17, 15) is 9.59 Å². The van der Waals surface area contributed by atoms with Crippen LogP contribution in [0.3, 0.4) is 0 Å². The summed E-state index contributed by atoms with van der Waals surface area (Å²) in [5.74, 6) is -1.74. The number of para-hydroxylation sites is 1. The van der Waals surface area contributed by atoms with E-state index in [1.807, 2.05) is 32.3 Å². The number of amides is 2. The van der Waals surface area contributed by atoms with E-state index in [1.165, 1.54) is 11.1 Å². The molecule has 1 aliphatic heterocycles. The molecule has 0 saturated carbocycles. The maximum Gasteiger partial charge on any atom is 0.251 e. The van der Waals surface area contributed by atoms with Gasteiger partial charge in [-0.2, -0.15) is 0 Å². The van der Waals surface area contributed by atoms with Gasteiger partial charge in [0.25, 0.3) is 5.91 Å². The Balaban J connectivity index is 2.08. The van der Waals surface area contributed by atoms with Crippen LogP contribution in [0.5, 0.6) is 0 Å². The third-order valence-electron chi connectivity index (χ3n) is 3.36. The van der Waals surface area contributed by atoms with E-state index in [0.717, 1.165) is 13.0 Å². The average Bonchev–Trinajstić information content (AvgIpc) is 2.50. The highest BCUT2D eigenvalue weighted by Crippen LogP contribution is 2.19. The van der Waals surface area contributed by atoms with Gasteiger partial charge in [-0.15, -0.1) is 0 Å². The molecule has 0 spiro atoms. The molecular formula is C16H20N4O2S. The molecule has 1 atom stereocenters. The van der Waals surface area contributed by atoms with Crippen LogP contribution in [0.1, 0.15) is 6.42 Å². The molecule has 0 bridgehead atoms. The summed E-state index contributed by atoms with van der Waals surface area (Å²) < 4.78 is 0. The summed E-state index contributed by atoms with van der Waals surface area (Å²) in [6.45, 7) is 1.48. The Morgan fingerprint density at radius 2 is 2.00 bits per heavy atom. The first kappa shape index (κ1) is 17.2. The maximum atomic E-state index is 12.6. The summed E-state index contributed by atoms with van der Waals surface area (Å²) in [5.41, 5.74) is 0.633. The van der Waals surface area contributed by atoms with Gasteiger partial charge >= 0.3 is 0 Å². The minimum atomic E-state index is -0.943. The van der Waals surface area contributed by atoms with Crippen molar-refractivity contribution in [1.29, 1.82) is 0 Å². The van der Waals surface area contributed by atoms with E-state index in [2.05, 4.69) is 15.2 Å². The Kier molecular flexibility index (Phi) is 5.95. The molecule has 1 N–H and O–H groups in total. The standard InChI is InChI=1S/C16H20N4O2S/c1-19(2)10-6-9-17-11-13-14(21)18-16(23)20(15(13)22)12-7-4-3-5-8-12/h3-5,7-8,11,13H,6,9-10H2,1-2H3,(H,18,21,23). The van der Waals surface area contributed by atoms with Crippen molar-refractivity contribution in [2.24, 2.45) is 10.9 Å². The van der Waals surface area contributed by atoms with E-state index in [-0.39, 0.29) is 11.0 Å². The summed E-state index contributed by atoms with van der Waals surface area (Å²) in [6, 6.07) is 9.02. The van der Waals surface area contributed by atoms with Gasteiger partial charge in [0.2, 0.25) is 5.91 Å². The second kappa shape index (κ2) is 7.94. The van der Waals surface area contributed by atoms with E-state index < -0.39 is 11.8 Å². The Morgan fingerprint density at radius 1 is 1.30 bits per heavy atom. The number of rotatable bonds is 6. The lowest BCUT2D eigenvalue weighted by atomic mass is 10.1. The van der Waals surface area contributed by atoms with E-state index in [4.69, 9.17) is 12.2 Å². The van der Waals surface area contributed by atoms with Crippen LogP contribution in [0, 0.1) is 5.92 Å². The van der Waals surface area contributed by atoms with Gasteiger partial charge in [0.15, 0.2) is 11.0 Å². The van der Waals surface area contributed by atoms with Crippen LogP contribution >= 0.6 is 12.2 Å². The number of aliphatic imine (C=N–C) groups is 1. The van der Waals surface area contributed by atoms with Crippen LogP contribution in [0.25, 0.3) is 0 Å². The highest BCUT2D eigenvalue weighted by molar-refractivity contribution is 7.80.